The average molecular weight is 358 g/mol. The summed E-state index contributed by atoms with van der Waals surface area (Å²) in [6.45, 7) is 1.93. The number of nitrogens with zero attached hydrogens (tertiary/aromatic N) is 1. The van der Waals surface area contributed by atoms with E-state index < -0.39 is 0 Å². The molecule has 1 amide bonds. The molecule has 0 heterocycles. The molecule has 0 saturated heterocycles. The van der Waals surface area contributed by atoms with Crippen LogP contribution in [0.3, 0.4) is 0 Å². The smallest absolute Gasteiger partial charge is 0.225 e. The van der Waals surface area contributed by atoms with Crippen LogP contribution >= 0.6 is 0 Å². The van der Waals surface area contributed by atoms with Gasteiger partial charge in [0.05, 0.1) is 19.9 Å². The number of amides is 1. The van der Waals surface area contributed by atoms with Gasteiger partial charge in [-0.15, -0.1) is 0 Å². The Balaban J connectivity index is 1.67. The van der Waals surface area contributed by atoms with Gasteiger partial charge in [0.25, 0.3) is 0 Å². The Bertz CT molecular complexity index is 688. The monoisotopic (exact) mass is 358 g/mol. The number of hydrogen-bond donors (Lipinski definition) is 1. The van der Waals surface area contributed by atoms with E-state index in [4.69, 9.17) is 14.2 Å². The van der Waals surface area contributed by atoms with Crippen molar-refractivity contribution in [3.63, 3.8) is 0 Å². The van der Waals surface area contributed by atoms with Gasteiger partial charge in [-0.2, -0.15) is 0 Å². The summed E-state index contributed by atoms with van der Waals surface area (Å²) in [5, 5.41) is 2.88. The molecule has 0 bridgehead atoms. The number of ether oxygens (including phenoxy) is 3. The van der Waals surface area contributed by atoms with Gasteiger partial charge in [0, 0.05) is 19.5 Å². The van der Waals surface area contributed by atoms with Gasteiger partial charge in [0.15, 0.2) is 0 Å². The van der Waals surface area contributed by atoms with Gasteiger partial charge in [0.1, 0.15) is 23.9 Å². The number of carbonyl (C=O) groups is 1. The van der Waals surface area contributed by atoms with E-state index in [9.17, 15) is 4.79 Å². The van der Waals surface area contributed by atoms with Gasteiger partial charge in [-0.3, -0.25) is 4.79 Å². The second-order valence-electron chi connectivity index (χ2n) is 5.83. The molecular weight excluding hydrogens is 332 g/mol. The van der Waals surface area contributed by atoms with E-state index in [0.29, 0.717) is 31.0 Å². The quantitative estimate of drug-likeness (QED) is 0.707. The van der Waals surface area contributed by atoms with Crippen molar-refractivity contribution in [2.24, 2.45) is 0 Å². The third-order valence-electron chi connectivity index (χ3n) is 3.90. The van der Waals surface area contributed by atoms with Gasteiger partial charge in [-0.05, 0) is 43.4 Å². The number of benzene rings is 2. The van der Waals surface area contributed by atoms with Crippen LogP contribution in [0, 0.1) is 0 Å². The standard InChI is InChI=1S/C20H26N2O4/c1-22(14-15-26-17-10-8-16(24-2)9-11-17)13-12-20(23)21-18-6-4-5-7-19(18)25-3/h4-11H,12-15H2,1-3H3,(H,21,23). The molecule has 6 heteroatoms. The minimum atomic E-state index is -0.0441. The van der Waals surface area contributed by atoms with Crippen LogP contribution in [-0.4, -0.2) is 51.8 Å². The lowest BCUT2D eigenvalue weighted by molar-refractivity contribution is -0.116. The van der Waals surface area contributed by atoms with Crippen molar-refractivity contribution in [3.05, 3.63) is 48.5 Å². The zero-order chi connectivity index (χ0) is 18.8. The lowest BCUT2D eigenvalue weighted by Crippen LogP contribution is -2.28. The number of anilines is 1. The van der Waals surface area contributed by atoms with E-state index in [-0.39, 0.29) is 5.91 Å². The fourth-order valence-corrected chi connectivity index (χ4v) is 2.36. The molecule has 0 unspecified atom stereocenters. The second-order valence-corrected chi connectivity index (χ2v) is 5.83. The number of carbonyl (C=O) groups excluding carboxylic acids is 1. The van der Waals surface area contributed by atoms with E-state index in [1.54, 1.807) is 14.2 Å². The molecule has 26 heavy (non-hydrogen) atoms. The summed E-state index contributed by atoms with van der Waals surface area (Å²) in [6.07, 6.45) is 0.400. The number of para-hydroxylation sites is 2. The number of nitrogens with one attached hydrogen (secondary N) is 1. The van der Waals surface area contributed by atoms with E-state index in [0.717, 1.165) is 18.0 Å². The van der Waals surface area contributed by atoms with Crippen molar-refractivity contribution in [2.75, 3.05) is 46.3 Å². The summed E-state index contributed by atoms with van der Waals surface area (Å²) < 4.78 is 16.0. The zero-order valence-corrected chi connectivity index (χ0v) is 15.5. The SMILES string of the molecule is COc1ccc(OCCN(C)CCC(=O)Nc2ccccc2OC)cc1. The molecular formula is C20H26N2O4. The Morgan fingerprint density at radius 1 is 0.962 bits per heavy atom. The fraction of sp³-hybridized carbons (Fsp3) is 0.350. The highest BCUT2D eigenvalue weighted by atomic mass is 16.5. The molecule has 0 spiro atoms. The topological polar surface area (TPSA) is 60.0 Å². The number of hydrogen-bond acceptors (Lipinski definition) is 5. The predicted molar refractivity (Wildman–Crippen MR) is 102 cm³/mol. The van der Waals surface area contributed by atoms with Crippen molar-refractivity contribution in [1.29, 1.82) is 0 Å². The van der Waals surface area contributed by atoms with E-state index in [1.165, 1.54) is 0 Å². The Labute approximate surface area is 154 Å². The van der Waals surface area contributed by atoms with Crippen molar-refractivity contribution in [2.45, 2.75) is 6.42 Å². The normalized spacial score (nSPS) is 10.5. The molecule has 0 saturated carbocycles. The lowest BCUT2D eigenvalue weighted by atomic mass is 10.2. The van der Waals surface area contributed by atoms with Gasteiger partial charge in [-0.25, -0.2) is 0 Å². The van der Waals surface area contributed by atoms with Crippen LogP contribution < -0.4 is 19.5 Å². The maximum Gasteiger partial charge on any atom is 0.225 e. The van der Waals surface area contributed by atoms with Crippen LogP contribution in [0.2, 0.25) is 0 Å². The molecule has 2 aromatic carbocycles. The van der Waals surface area contributed by atoms with Crippen molar-refractivity contribution >= 4 is 11.6 Å². The second kappa shape index (κ2) is 10.3. The summed E-state index contributed by atoms with van der Waals surface area (Å²) in [7, 11) is 5.18. The number of likely N-dealkylation sites (N-methyl/N-ethyl adjacent to an activating group) is 1. The Hall–Kier alpha value is -2.73. The van der Waals surface area contributed by atoms with Crippen molar-refractivity contribution in [3.8, 4) is 17.2 Å². The lowest BCUT2D eigenvalue weighted by Gasteiger charge is -2.17. The van der Waals surface area contributed by atoms with Crippen LogP contribution in [-0.2, 0) is 4.79 Å². The summed E-state index contributed by atoms with van der Waals surface area (Å²) in [5.41, 5.74) is 0.686. The molecule has 0 atom stereocenters. The average Bonchev–Trinajstić information content (AvgIpc) is 2.67. The first-order valence-corrected chi connectivity index (χ1v) is 8.50. The summed E-state index contributed by atoms with van der Waals surface area (Å²) in [5.74, 6) is 2.21. The molecule has 6 nitrogen and oxygen atoms in total. The Morgan fingerprint density at radius 3 is 2.35 bits per heavy atom. The summed E-state index contributed by atoms with van der Waals surface area (Å²) in [4.78, 5) is 14.2. The van der Waals surface area contributed by atoms with E-state index in [2.05, 4.69) is 10.2 Å². The first-order valence-electron chi connectivity index (χ1n) is 8.50. The number of rotatable bonds is 10. The fourth-order valence-electron chi connectivity index (χ4n) is 2.36. The molecule has 140 valence electrons. The van der Waals surface area contributed by atoms with Gasteiger partial charge >= 0.3 is 0 Å². The van der Waals surface area contributed by atoms with Gasteiger partial charge < -0.3 is 24.4 Å². The predicted octanol–water partition coefficient (Wildman–Crippen LogP) is 3.04. The largest absolute Gasteiger partial charge is 0.497 e. The van der Waals surface area contributed by atoms with Gasteiger partial charge in [-0.1, -0.05) is 12.1 Å². The van der Waals surface area contributed by atoms with Crippen molar-refractivity contribution in [1.82, 2.24) is 4.90 Å². The molecule has 2 aromatic rings. The van der Waals surface area contributed by atoms with Crippen LogP contribution in [0.1, 0.15) is 6.42 Å². The Morgan fingerprint density at radius 2 is 1.65 bits per heavy atom. The minimum absolute atomic E-state index is 0.0441. The molecule has 0 aliphatic carbocycles. The van der Waals surface area contributed by atoms with Crippen LogP contribution in [0.25, 0.3) is 0 Å². The highest BCUT2D eigenvalue weighted by Gasteiger charge is 2.08. The number of methoxy groups -OCH3 is 2. The molecule has 0 aliphatic rings. The van der Waals surface area contributed by atoms with E-state index in [1.807, 2.05) is 55.6 Å². The molecule has 0 radical (unpaired) electrons. The maximum atomic E-state index is 12.1. The van der Waals surface area contributed by atoms with Crippen LogP contribution in [0.5, 0.6) is 17.2 Å². The maximum absolute atomic E-state index is 12.1. The third-order valence-corrected chi connectivity index (χ3v) is 3.90. The minimum Gasteiger partial charge on any atom is -0.497 e. The highest BCUT2D eigenvalue weighted by molar-refractivity contribution is 5.92. The van der Waals surface area contributed by atoms with Gasteiger partial charge in [0.2, 0.25) is 5.91 Å². The zero-order valence-electron chi connectivity index (χ0n) is 15.5. The summed E-state index contributed by atoms with van der Waals surface area (Å²) >= 11 is 0. The Kier molecular flexibility index (Phi) is 7.76. The molecule has 1 N–H and O–H groups in total. The molecule has 0 aliphatic heterocycles. The molecule has 0 aromatic heterocycles. The van der Waals surface area contributed by atoms with Crippen LogP contribution in [0.15, 0.2) is 48.5 Å². The van der Waals surface area contributed by atoms with Crippen LogP contribution in [0.4, 0.5) is 5.69 Å². The first-order chi connectivity index (χ1) is 12.6. The molecule has 0 fully saturated rings. The van der Waals surface area contributed by atoms with E-state index >= 15 is 0 Å². The third kappa shape index (κ3) is 6.29. The van der Waals surface area contributed by atoms with Crippen molar-refractivity contribution < 1.29 is 19.0 Å². The first kappa shape index (κ1) is 19.6. The summed E-state index contributed by atoms with van der Waals surface area (Å²) in [6, 6.07) is 14.8. The molecule has 2 rings (SSSR count). The highest BCUT2D eigenvalue weighted by Crippen LogP contribution is 2.23.